The summed E-state index contributed by atoms with van der Waals surface area (Å²) in [4.78, 5) is 23.6. The van der Waals surface area contributed by atoms with E-state index in [0.717, 1.165) is 4.88 Å². The summed E-state index contributed by atoms with van der Waals surface area (Å²) < 4.78 is 0. The van der Waals surface area contributed by atoms with Crippen molar-refractivity contribution in [2.75, 3.05) is 0 Å². The molecule has 0 bridgehead atoms. The summed E-state index contributed by atoms with van der Waals surface area (Å²) in [6, 6.07) is 3.10. The predicted octanol–water partition coefficient (Wildman–Crippen LogP) is 1.91. The third-order valence-corrected chi connectivity index (χ3v) is 3.36. The van der Waals surface area contributed by atoms with Gasteiger partial charge in [-0.1, -0.05) is 19.9 Å². The molecule has 5 heteroatoms. The first kappa shape index (κ1) is 13.7. The van der Waals surface area contributed by atoms with Crippen LogP contribution < -0.4 is 5.32 Å². The number of carboxylic acids is 1. The van der Waals surface area contributed by atoms with Gasteiger partial charge in [0.05, 0.1) is 0 Å². The lowest BCUT2D eigenvalue weighted by atomic mass is 10.0. The zero-order chi connectivity index (χ0) is 12.8. The number of aliphatic carboxylic acids is 1. The van der Waals surface area contributed by atoms with E-state index in [9.17, 15) is 9.59 Å². The van der Waals surface area contributed by atoms with Crippen molar-refractivity contribution in [1.82, 2.24) is 5.32 Å². The van der Waals surface area contributed by atoms with E-state index in [1.165, 1.54) is 0 Å². The summed E-state index contributed by atoms with van der Waals surface area (Å²) in [5.41, 5.74) is 0. The molecule has 1 aromatic rings. The number of carboxylic acid groups (broad SMARTS) is 1. The Bertz CT molecular complexity index is 373. The van der Waals surface area contributed by atoms with Crippen molar-refractivity contribution in [3.05, 3.63) is 22.4 Å². The molecule has 1 rings (SSSR count). The molecule has 0 radical (unpaired) electrons. The van der Waals surface area contributed by atoms with Crippen molar-refractivity contribution >= 4 is 23.2 Å². The highest BCUT2D eigenvalue weighted by atomic mass is 32.1. The Morgan fingerprint density at radius 2 is 2.18 bits per heavy atom. The fraction of sp³-hybridized carbons (Fsp3) is 0.500. The van der Waals surface area contributed by atoms with Gasteiger partial charge in [0.25, 0.3) is 0 Å². The molecule has 0 aliphatic carbocycles. The van der Waals surface area contributed by atoms with E-state index in [4.69, 9.17) is 5.11 Å². The zero-order valence-corrected chi connectivity index (χ0v) is 10.8. The Hall–Kier alpha value is -1.36. The van der Waals surface area contributed by atoms with Crippen LogP contribution in [0.1, 0.15) is 25.1 Å². The minimum Gasteiger partial charge on any atom is -0.480 e. The molecule has 2 N–H and O–H groups in total. The molecular weight excluding hydrogens is 238 g/mol. The van der Waals surface area contributed by atoms with Gasteiger partial charge in [0.2, 0.25) is 5.91 Å². The molecule has 17 heavy (non-hydrogen) atoms. The van der Waals surface area contributed by atoms with Crippen LogP contribution in [-0.2, 0) is 16.0 Å². The molecule has 0 fully saturated rings. The van der Waals surface area contributed by atoms with Gasteiger partial charge in [0.15, 0.2) is 0 Å². The molecule has 0 aliphatic heterocycles. The van der Waals surface area contributed by atoms with Gasteiger partial charge in [-0.15, -0.1) is 11.3 Å². The number of thiophene rings is 1. The maximum atomic E-state index is 11.6. The number of carbonyl (C=O) groups is 2. The van der Waals surface area contributed by atoms with Gasteiger partial charge in [0, 0.05) is 11.3 Å². The Morgan fingerprint density at radius 1 is 1.47 bits per heavy atom. The average Bonchev–Trinajstić information content (AvgIpc) is 2.74. The van der Waals surface area contributed by atoms with Gasteiger partial charge >= 0.3 is 5.97 Å². The first-order valence-corrected chi connectivity index (χ1v) is 6.43. The van der Waals surface area contributed by atoms with E-state index < -0.39 is 12.0 Å². The molecule has 0 saturated heterocycles. The van der Waals surface area contributed by atoms with Crippen molar-refractivity contribution in [3.8, 4) is 0 Å². The lowest BCUT2D eigenvalue weighted by Gasteiger charge is -2.17. The molecule has 1 amide bonds. The first-order valence-electron chi connectivity index (χ1n) is 5.55. The fourth-order valence-electron chi connectivity index (χ4n) is 1.45. The van der Waals surface area contributed by atoms with E-state index in [1.54, 1.807) is 25.2 Å². The van der Waals surface area contributed by atoms with Crippen LogP contribution in [0.3, 0.4) is 0 Å². The zero-order valence-electron chi connectivity index (χ0n) is 9.97. The van der Waals surface area contributed by atoms with Crippen LogP contribution in [0.5, 0.6) is 0 Å². The SMILES string of the molecule is CC(C)[C@H](NC(=O)CCc1cccs1)C(=O)O. The second-order valence-corrected chi connectivity index (χ2v) is 5.24. The maximum absolute atomic E-state index is 11.6. The number of amides is 1. The number of carbonyl (C=O) groups excluding carboxylic acids is 1. The lowest BCUT2D eigenvalue weighted by molar-refractivity contribution is -0.143. The van der Waals surface area contributed by atoms with E-state index in [0.29, 0.717) is 12.8 Å². The van der Waals surface area contributed by atoms with Crippen molar-refractivity contribution in [2.45, 2.75) is 32.7 Å². The van der Waals surface area contributed by atoms with Crippen LogP contribution in [0.2, 0.25) is 0 Å². The Kier molecular flexibility index (Phi) is 5.15. The molecule has 94 valence electrons. The Labute approximate surface area is 105 Å². The van der Waals surface area contributed by atoms with E-state index in [1.807, 2.05) is 17.5 Å². The molecule has 0 aliphatic rings. The highest BCUT2D eigenvalue weighted by molar-refractivity contribution is 7.09. The van der Waals surface area contributed by atoms with E-state index >= 15 is 0 Å². The second kappa shape index (κ2) is 6.39. The van der Waals surface area contributed by atoms with Crippen LogP contribution in [0, 0.1) is 5.92 Å². The number of rotatable bonds is 6. The standard InChI is InChI=1S/C12H17NO3S/c1-8(2)11(12(15)16)13-10(14)6-5-9-4-3-7-17-9/h3-4,7-8,11H,5-6H2,1-2H3,(H,13,14)(H,15,16)/t11-/m0/s1. The number of hydrogen-bond donors (Lipinski definition) is 2. The molecule has 0 aromatic carbocycles. The van der Waals surface area contributed by atoms with Crippen molar-refractivity contribution in [1.29, 1.82) is 0 Å². The van der Waals surface area contributed by atoms with Crippen molar-refractivity contribution in [3.63, 3.8) is 0 Å². The average molecular weight is 255 g/mol. The summed E-state index contributed by atoms with van der Waals surface area (Å²) in [5.74, 6) is -1.30. The first-order chi connectivity index (χ1) is 8.00. The monoisotopic (exact) mass is 255 g/mol. The quantitative estimate of drug-likeness (QED) is 0.816. The highest BCUT2D eigenvalue weighted by Crippen LogP contribution is 2.11. The van der Waals surface area contributed by atoms with E-state index in [2.05, 4.69) is 5.32 Å². The maximum Gasteiger partial charge on any atom is 0.326 e. The molecule has 4 nitrogen and oxygen atoms in total. The third-order valence-electron chi connectivity index (χ3n) is 2.43. The highest BCUT2D eigenvalue weighted by Gasteiger charge is 2.22. The smallest absolute Gasteiger partial charge is 0.326 e. The minimum atomic E-state index is -0.982. The number of aryl methyl sites for hydroxylation is 1. The van der Waals surface area contributed by atoms with Gasteiger partial charge in [-0.25, -0.2) is 4.79 Å². The van der Waals surface area contributed by atoms with Crippen LogP contribution in [0.25, 0.3) is 0 Å². The molecule has 1 aromatic heterocycles. The summed E-state index contributed by atoms with van der Waals surface area (Å²) in [5, 5.41) is 13.4. The summed E-state index contributed by atoms with van der Waals surface area (Å²) in [7, 11) is 0. The Balaban J connectivity index is 2.40. The molecule has 0 spiro atoms. The molecule has 1 heterocycles. The van der Waals surface area contributed by atoms with Crippen LogP contribution in [-0.4, -0.2) is 23.0 Å². The van der Waals surface area contributed by atoms with Gasteiger partial charge in [0.1, 0.15) is 6.04 Å². The van der Waals surface area contributed by atoms with Crippen molar-refractivity contribution < 1.29 is 14.7 Å². The van der Waals surface area contributed by atoms with Crippen LogP contribution >= 0.6 is 11.3 Å². The molecular formula is C12H17NO3S. The van der Waals surface area contributed by atoms with Gasteiger partial charge in [-0.3, -0.25) is 4.79 Å². The van der Waals surface area contributed by atoms with Crippen LogP contribution in [0.15, 0.2) is 17.5 Å². The Morgan fingerprint density at radius 3 is 2.65 bits per heavy atom. The predicted molar refractivity (Wildman–Crippen MR) is 67.0 cm³/mol. The number of nitrogens with one attached hydrogen (secondary N) is 1. The molecule has 0 unspecified atom stereocenters. The minimum absolute atomic E-state index is 0.113. The molecule has 1 atom stereocenters. The lowest BCUT2D eigenvalue weighted by Crippen LogP contribution is -2.44. The summed E-state index contributed by atoms with van der Waals surface area (Å²) in [6.45, 7) is 3.55. The molecule has 0 saturated carbocycles. The largest absolute Gasteiger partial charge is 0.480 e. The third kappa shape index (κ3) is 4.56. The van der Waals surface area contributed by atoms with Crippen LogP contribution in [0.4, 0.5) is 0 Å². The van der Waals surface area contributed by atoms with Crippen molar-refractivity contribution in [2.24, 2.45) is 5.92 Å². The fourth-order valence-corrected chi connectivity index (χ4v) is 2.16. The second-order valence-electron chi connectivity index (χ2n) is 4.21. The summed E-state index contributed by atoms with van der Waals surface area (Å²) in [6.07, 6.45) is 0.991. The topological polar surface area (TPSA) is 66.4 Å². The van der Waals surface area contributed by atoms with E-state index in [-0.39, 0.29) is 11.8 Å². The van der Waals surface area contributed by atoms with Gasteiger partial charge in [-0.05, 0) is 23.8 Å². The normalized spacial score (nSPS) is 12.4. The summed E-state index contributed by atoms with van der Waals surface area (Å²) >= 11 is 1.60. The number of hydrogen-bond acceptors (Lipinski definition) is 3. The van der Waals surface area contributed by atoms with Gasteiger partial charge in [-0.2, -0.15) is 0 Å². The van der Waals surface area contributed by atoms with Gasteiger partial charge < -0.3 is 10.4 Å².